The Morgan fingerprint density at radius 3 is 2.33 bits per heavy atom. The maximum absolute atomic E-state index is 12.1. The number of carbonyl (C=O) groups excluding carboxylic acids is 2. The molecule has 0 saturated heterocycles. The van der Waals surface area contributed by atoms with Crippen molar-refractivity contribution in [3.8, 4) is 0 Å². The smallest absolute Gasteiger partial charge is 0.335 e. The van der Waals surface area contributed by atoms with E-state index in [0.29, 0.717) is 12.8 Å². The Labute approximate surface area is 141 Å². The van der Waals surface area contributed by atoms with Gasteiger partial charge in [0.25, 0.3) is 0 Å². The second-order valence-electron chi connectivity index (χ2n) is 5.74. The van der Waals surface area contributed by atoms with E-state index in [4.69, 9.17) is 14.6 Å². The molecule has 0 fully saturated rings. The number of esters is 1. The van der Waals surface area contributed by atoms with Crippen molar-refractivity contribution in [2.45, 2.75) is 38.7 Å². The molecule has 2 unspecified atom stereocenters. The van der Waals surface area contributed by atoms with E-state index >= 15 is 0 Å². The van der Waals surface area contributed by atoms with Crippen molar-refractivity contribution in [1.29, 1.82) is 0 Å². The lowest BCUT2D eigenvalue weighted by atomic mass is 9.96. The molecule has 2 atom stereocenters. The molecule has 6 nitrogen and oxygen atoms in total. The van der Waals surface area contributed by atoms with Crippen molar-refractivity contribution in [2.24, 2.45) is 5.92 Å². The van der Waals surface area contributed by atoms with Gasteiger partial charge >= 0.3 is 11.9 Å². The lowest BCUT2D eigenvalue weighted by molar-refractivity contribution is -0.155. The molecule has 1 N–H and O–H groups in total. The van der Waals surface area contributed by atoms with Gasteiger partial charge in [-0.25, -0.2) is 4.79 Å². The highest BCUT2D eigenvalue weighted by Gasteiger charge is 2.21. The zero-order valence-electron chi connectivity index (χ0n) is 14.1. The summed E-state index contributed by atoms with van der Waals surface area (Å²) in [6, 6.07) is 9.45. The second kappa shape index (κ2) is 10.5. The van der Waals surface area contributed by atoms with E-state index < -0.39 is 18.0 Å². The van der Waals surface area contributed by atoms with E-state index in [1.54, 1.807) is 0 Å². The average Bonchev–Trinajstić information content (AvgIpc) is 2.52. The van der Waals surface area contributed by atoms with Gasteiger partial charge in [-0.2, -0.15) is 0 Å². The van der Waals surface area contributed by atoms with E-state index in [0.717, 1.165) is 5.56 Å². The number of rotatable bonds is 11. The molecule has 0 saturated carbocycles. The highest BCUT2D eigenvalue weighted by atomic mass is 16.6. The van der Waals surface area contributed by atoms with Crippen molar-refractivity contribution < 1.29 is 29.0 Å². The SMILES string of the molecule is COC(Cc1ccccc1)C(=O)OCCC(CC(C)=O)CC(=O)O. The van der Waals surface area contributed by atoms with Gasteiger partial charge in [0.05, 0.1) is 6.61 Å². The summed E-state index contributed by atoms with van der Waals surface area (Å²) in [5, 5.41) is 8.86. The Morgan fingerprint density at radius 2 is 1.79 bits per heavy atom. The minimum absolute atomic E-state index is 0.0682. The minimum atomic E-state index is -0.966. The van der Waals surface area contributed by atoms with E-state index in [1.807, 2.05) is 30.3 Å². The van der Waals surface area contributed by atoms with E-state index in [-0.39, 0.29) is 31.1 Å². The zero-order valence-corrected chi connectivity index (χ0v) is 14.1. The molecule has 0 spiro atoms. The molecule has 24 heavy (non-hydrogen) atoms. The Hall–Kier alpha value is -2.21. The normalized spacial score (nSPS) is 13.1. The van der Waals surface area contributed by atoms with Gasteiger partial charge in [0.2, 0.25) is 0 Å². The van der Waals surface area contributed by atoms with Crippen LogP contribution < -0.4 is 0 Å². The van der Waals surface area contributed by atoms with Gasteiger partial charge in [-0.3, -0.25) is 4.79 Å². The summed E-state index contributed by atoms with van der Waals surface area (Å²) in [5.74, 6) is -1.86. The lowest BCUT2D eigenvalue weighted by Gasteiger charge is -2.17. The summed E-state index contributed by atoms with van der Waals surface area (Å²) in [6.07, 6.45) is 0.0796. The first-order valence-electron chi connectivity index (χ1n) is 7.87. The fraction of sp³-hybridized carbons (Fsp3) is 0.500. The molecule has 0 aliphatic carbocycles. The first kappa shape index (κ1) is 19.8. The molecule has 0 aromatic heterocycles. The van der Waals surface area contributed by atoms with Gasteiger partial charge in [0.1, 0.15) is 5.78 Å². The highest BCUT2D eigenvalue weighted by molar-refractivity contribution is 5.77. The van der Waals surface area contributed by atoms with Gasteiger partial charge in [-0.05, 0) is 24.8 Å². The van der Waals surface area contributed by atoms with Crippen LogP contribution in [-0.4, -0.2) is 42.6 Å². The number of carboxylic acids is 1. The summed E-state index contributed by atoms with van der Waals surface area (Å²) >= 11 is 0. The van der Waals surface area contributed by atoms with Crippen LogP contribution in [0, 0.1) is 5.92 Å². The molecule has 0 radical (unpaired) electrons. The van der Waals surface area contributed by atoms with Crippen LogP contribution in [0.25, 0.3) is 0 Å². The van der Waals surface area contributed by atoms with Crippen molar-refractivity contribution in [3.63, 3.8) is 0 Å². The second-order valence-corrected chi connectivity index (χ2v) is 5.74. The summed E-state index contributed by atoms with van der Waals surface area (Å²) in [5.41, 5.74) is 0.960. The van der Waals surface area contributed by atoms with Crippen LogP contribution >= 0.6 is 0 Å². The number of carbonyl (C=O) groups is 3. The fourth-order valence-electron chi connectivity index (χ4n) is 2.44. The number of carboxylic acid groups (broad SMARTS) is 1. The Morgan fingerprint density at radius 1 is 1.12 bits per heavy atom. The number of ether oxygens (including phenoxy) is 2. The third-order valence-corrected chi connectivity index (χ3v) is 3.62. The number of hydrogen-bond acceptors (Lipinski definition) is 5. The summed E-state index contributed by atoms with van der Waals surface area (Å²) in [4.78, 5) is 34.1. The number of ketones is 1. The molecule has 1 aromatic rings. The van der Waals surface area contributed by atoms with E-state index in [2.05, 4.69) is 0 Å². The van der Waals surface area contributed by atoms with Crippen LogP contribution in [0.2, 0.25) is 0 Å². The lowest BCUT2D eigenvalue weighted by Crippen LogP contribution is -2.28. The van der Waals surface area contributed by atoms with Crippen molar-refractivity contribution in [2.75, 3.05) is 13.7 Å². The third kappa shape index (κ3) is 7.87. The van der Waals surface area contributed by atoms with Crippen LogP contribution in [0.5, 0.6) is 0 Å². The molecule has 0 aliphatic rings. The topological polar surface area (TPSA) is 89.9 Å². The summed E-state index contributed by atoms with van der Waals surface area (Å²) < 4.78 is 10.4. The molecular weight excluding hydrogens is 312 g/mol. The predicted octanol–water partition coefficient (Wildman–Crippen LogP) is 2.25. The molecule has 1 rings (SSSR count). The minimum Gasteiger partial charge on any atom is -0.481 e. The van der Waals surface area contributed by atoms with Crippen LogP contribution in [0.15, 0.2) is 30.3 Å². The van der Waals surface area contributed by atoms with Gasteiger partial charge in [0.15, 0.2) is 6.10 Å². The predicted molar refractivity (Wildman–Crippen MR) is 87.6 cm³/mol. The number of hydrogen-bond donors (Lipinski definition) is 1. The monoisotopic (exact) mass is 336 g/mol. The van der Waals surface area contributed by atoms with Gasteiger partial charge in [0, 0.05) is 26.4 Å². The molecule has 0 amide bonds. The third-order valence-electron chi connectivity index (χ3n) is 3.62. The number of aliphatic carboxylic acids is 1. The Bertz CT molecular complexity index is 524. The van der Waals surface area contributed by atoms with Crippen LogP contribution in [0.4, 0.5) is 0 Å². The van der Waals surface area contributed by atoms with Crippen LogP contribution in [0.1, 0.15) is 31.7 Å². The highest BCUT2D eigenvalue weighted by Crippen LogP contribution is 2.15. The van der Waals surface area contributed by atoms with Gasteiger partial charge in [-0.15, -0.1) is 0 Å². The zero-order chi connectivity index (χ0) is 17.9. The number of Topliss-reactive ketones (excluding diaryl/α,β-unsaturated/α-hetero) is 1. The molecular formula is C18H24O6. The molecule has 6 heteroatoms. The van der Waals surface area contributed by atoms with Crippen LogP contribution in [0.3, 0.4) is 0 Å². The Balaban J connectivity index is 2.46. The number of methoxy groups -OCH3 is 1. The molecule has 0 heterocycles. The molecule has 0 bridgehead atoms. The van der Waals surface area contributed by atoms with Crippen LogP contribution in [-0.2, 0) is 30.3 Å². The van der Waals surface area contributed by atoms with Crippen molar-refractivity contribution >= 4 is 17.7 Å². The first-order chi connectivity index (χ1) is 11.4. The van der Waals surface area contributed by atoms with E-state index in [1.165, 1.54) is 14.0 Å². The average molecular weight is 336 g/mol. The largest absolute Gasteiger partial charge is 0.481 e. The summed E-state index contributed by atoms with van der Waals surface area (Å²) in [6.45, 7) is 1.49. The quantitative estimate of drug-likeness (QED) is 0.623. The molecule has 0 aliphatic heterocycles. The standard InChI is InChI=1S/C18H24O6/c1-13(19)10-15(12-17(20)21)8-9-24-18(22)16(23-2)11-14-6-4-3-5-7-14/h3-7,15-16H,8-12H2,1-2H3,(H,20,21). The van der Waals surface area contributed by atoms with Crippen molar-refractivity contribution in [3.05, 3.63) is 35.9 Å². The summed E-state index contributed by atoms with van der Waals surface area (Å²) in [7, 11) is 1.44. The first-order valence-corrected chi connectivity index (χ1v) is 7.87. The molecule has 132 valence electrons. The Kier molecular flexibility index (Phi) is 8.71. The van der Waals surface area contributed by atoms with Gasteiger partial charge in [-0.1, -0.05) is 30.3 Å². The van der Waals surface area contributed by atoms with E-state index in [9.17, 15) is 14.4 Å². The number of benzene rings is 1. The van der Waals surface area contributed by atoms with Gasteiger partial charge < -0.3 is 19.4 Å². The maximum Gasteiger partial charge on any atom is 0.335 e. The molecule has 1 aromatic carbocycles. The van der Waals surface area contributed by atoms with Crippen molar-refractivity contribution in [1.82, 2.24) is 0 Å². The maximum atomic E-state index is 12.1. The fourth-order valence-corrected chi connectivity index (χ4v) is 2.44.